The average molecular weight is 243 g/mol. The molecule has 3 amide bonds. The van der Waals surface area contributed by atoms with E-state index in [1.807, 2.05) is 11.8 Å². The number of rotatable bonds is 5. The van der Waals surface area contributed by atoms with Crippen LogP contribution in [-0.4, -0.2) is 54.7 Å². The molecule has 0 bridgehead atoms. The van der Waals surface area contributed by atoms with Crippen LogP contribution in [-0.2, 0) is 4.79 Å². The SMILES string of the molecule is CCCNC(=O)NC(=O)CN1CCC(CO)C1. The van der Waals surface area contributed by atoms with Gasteiger partial charge in [0.2, 0.25) is 5.91 Å². The van der Waals surface area contributed by atoms with Crippen LogP contribution in [0, 0.1) is 5.92 Å². The summed E-state index contributed by atoms with van der Waals surface area (Å²) in [5.41, 5.74) is 0. The molecule has 0 aromatic heterocycles. The number of nitrogens with zero attached hydrogens (tertiary/aromatic N) is 1. The summed E-state index contributed by atoms with van der Waals surface area (Å²) < 4.78 is 0. The zero-order valence-corrected chi connectivity index (χ0v) is 10.2. The minimum absolute atomic E-state index is 0.162. The molecule has 1 heterocycles. The molecule has 1 unspecified atom stereocenters. The highest BCUT2D eigenvalue weighted by molar-refractivity contribution is 5.95. The maximum Gasteiger partial charge on any atom is 0.321 e. The number of imide groups is 1. The Morgan fingerprint density at radius 2 is 2.24 bits per heavy atom. The summed E-state index contributed by atoms with van der Waals surface area (Å²) in [7, 11) is 0. The number of likely N-dealkylation sites (tertiary alicyclic amines) is 1. The second-order valence-corrected chi connectivity index (χ2v) is 4.38. The third-order valence-electron chi connectivity index (χ3n) is 2.78. The van der Waals surface area contributed by atoms with Crippen LogP contribution in [0.2, 0.25) is 0 Å². The number of amides is 3. The highest BCUT2D eigenvalue weighted by Gasteiger charge is 2.23. The van der Waals surface area contributed by atoms with Gasteiger partial charge in [0.1, 0.15) is 0 Å². The fraction of sp³-hybridized carbons (Fsp3) is 0.818. The van der Waals surface area contributed by atoms with E-state index in [1.165, 1.54) is 0 Å². The van der Waals surface area contributed by atoms with Gasteiger partial charge < -0.3 is 10.4 Å². The molecule has 1 saturated heterocycles. The summed E-state index contributed by atoms with van der Waals surface area (Å²) in [5, 5.41) is 13.8. The molecule has 0 radical (unpaired) electrons. The summed E-state index contributed by atoms with van der Waals surface area (Å²) in [6, 6.07) is -0.435. The second-order valence-electron chi connectivity index (χ2n) is 4.38. The van der Waals surface area contributed by atoms with Crippen LogP contribution in [0.1, 0.15) is 19.8 Å². The molecule has 98 valence electrons. The van der Waals surface area contributed by atoms with Gasteiger partial charge in [0.05, 0.1) is 6.54 Å². The van der Waals surface area contributed by atoms with Gasteiger partial charge in [0.15, 0.2) is 0 Å². The fourth-order valence-electron chi connectivity index (χ4n) is 1.86. The number of urea groups is 1. The maximum atomic E-state index is 11.5. The molecular weight excluding hydrogens is 222 g/mol. The van der Waals surface area contributed by atoms with Crippen molar-refractivity contribution in [2.75, 3.05) is 32.8 Å². The number of aliphatic hydroxyl groups excluding tert-OH is 1. The molecule has 1 aliphatic heterocycles. The minimum Gasteiger partial charge on any atom is -0.396 e. The van der Waals surface area contributed by atoms with Crippen LogP contribution in [0.4, 0.5) is 4.79 Å². The van der Waals surface area contributed by atoms with Crippen molar-refractivity contribution in [2.24, 2.45) is 5.92 Å². The van der Waals surface area contributed by atoms with E-state index in [2.05, 4.69) is 10.6 Å². The number of hydrogen-bond donors (Lipinski definition) is 3. The highest BCUT2D eigenvalue weighted by Crippen LogP contribution is 2.14. The lowest BCUT2D eigenvalue weighted by Crippen LogP contribution is -2.44. The lowest BCUT2D eigenvalue weighted by atomic mass is 10.1. The molecule has 1 rings (SSSR count). The van der Waals surface area contributed by atoms with Gasteiger partial charge in [-0.05, 0) is 25.3 Å². The molecule has 0 saturated carbocycles. The molecule has 1 atom stereocenters. The summed E-state index contributed by atoms with van der Waals surface area (Å²) in [5.74, 6) is -0.0334. The number of aliphatic hydroxyl groups is 1. The molecule has 0 aromatic rings. The van der Waals surface area contributed by atoms with Gasteiger partial charge in [-0.3, -0.25) is 15.0 Å². The Hall–Kier alpha value is -1.14. The second kappa shape index (κ2) is 7.24. The molecule has 17 heavy (non-hydrogen) atoms. The van der Waals surface area contributed by atoms with Crippen LogP contribution >= 0.6 is 0 Å². The van der Waals surface area contributed by atoms with Crippen molar-refractivity contribution >= 4 is 11.9 Å². The zero-order chi connectivity index (χ0) is 12.7. The maximum absolute atomic E-state index is 11.5. The van der Waals surface area contributed by atoms with Crippen molar-refractivity contribution in [1.29, 1.82) is 0 Å². The number of nitrogens with one attached hydrogen (secondary N) is 2. The third-order valence-corrected chi connectivity index (χ3v) is 2.78. The zero-order valence-electron chi connectivity index (χ0n) is 10.2. The molecular formula is C11H21N3O3. The molecule has 1 fully saturated rings. The van der Waals surface area contributed by atoms with Gasteiger partial charge in [0.25, 0.3) is 0 Å². The summed E-state index contributed by atoms with van der Waals surface area (Å²) in [6.07, 6.45) is 1.75. The van der Waals surface area contributed by atoms with Gasteiger partial charge >= 0.3 is 6.03 Å². The van der Waals surface area contributed by atoms with Gasteiger partial charge in [0, 0.05) is 19.7 Å². The Balaban J connectivity index is 2.19. The fourth-order valence-corrected chi connectivity index (χ4v) is 1.86. The van der Waals surface area contributed by atoms with Crippen LogP contribution in [0.3, 0.4) is 0 Å². The van der Waals surface area contributed by atoms with Crippen LogP contribution in [0.15, 0.2) is 0 Å². The van der Waals surface area contributed by atoms with Crippen molar-refractivity contribution in [3.8, 4) is 0 Å². The summed E-state index contributed by atoms with van der Waals surface area (Å²) >= 11 is 0. The monoisotopic (exact) mass is 243 g/mol. The van der Waals surface area contributed by atoms with Gasteiger partial charge in [-0.25, -0.2) is 4.79 Å². The van der Waals surface area contributed by atoms with Crippen molar-refractivity contribution in [3.63, 3.8) is 0 Å². The topological polar surface area (TPSA) is 81.7 Å². The van der Waals surface area contributed by atoms with E-state index in [9.17, 15) is 9.59 Å². The molecule has 3 N–H and O–H groups in total. The van der Waals surface area contributed by atoms with E-state index < -0.39 is 6.03 Å². The normalized spacial score (nSPS) is 20.2. The Labute approximate surface area is 101 Å². The lowest BCUT2D eigenvalue weighted by molar-refractivity contribution is -0.121. The molecule has 6 nitrogen and oxygen atoms in total. The number of carbonyl (C=O) groups is 2. The van der Waals surface area contributed by atoms with Crippen molar-refractivity contribution in [2.45, 2.75) is 19.8 Å². The quantitative estimate of drug-likeness (QED) is 0.610. The van der Waals surface area contributed by atoms with E-state index in [4.69, 9.17) is 5.11 Å². The largest absolute Gasteiger partial charge is 0.396 e. The Bertz CT molecular complexity index is 271. The first-order chi connectivity index (χ1) is 8.15. The Kier molecular flexibility index (Phi) is 5.93. The van der Waals surface area contributed by atoms with Gasteiger partial charge in [-0.15, -0.1) is 0 Å². The first kappa shape index (κ1) is 13.9. The first-order valence-electron chi connectivity index (χ1n) is 6.06. The first-order valence-corrected chi connectivity index (χ1v) is 6.06. The van der Waals surface area contributed by atoms with Crippen LogP contribution < -0.4 is 10.6 Å². The predicted molar refractivity (Wildman–Crippen MR) is 63.5 cm³/mol. The van der Waals surface area contributed by atoms with Crippen molar-refractivity contribution < 1.29 is 14.7 Å². The highest BCUT2D eigenvalue weighted by atomic mass is 16.3. The number of hydrogen-bond acceptors (Lipinski definition) is 4. The van der Waals surface area contributed by atoms with E-state index in [0.29, 0.717) is 6.54 Å². The van der Waals surface area contributed by atoms with Gasteiger partial charge in [-0.2, -0.15) is 0 Å². The standard InChI is InChI=1S/C11H21N3O3/c1-2-4-12-11(17)13-10(16)7-14-5-3-9(6-14)8-15/h9,15H,2-8H2,1H3,(H2,12,13,16,17). The average Bonchev–Trinajstić information content (AvgIpc) is 2.73. The van der Waals surface area contributed by atoms with E-state index in [1.54, 1.807) is 0 Å². The van der Waals surface area contributed by atoms with Crippen LogP contribution in [0.25, 0.3) is 0 Å². The van der Waals surface area contributed by atoms with E-state index >= 15 is 0 Å². The van der Waals surface area contributed by atoms with Gasteiger partial charge in [-0.1, -0.05) is 6.92 Å². The minimum atomic E-state index is -0.435. The molecule has 1 aliphatic rings. The Morgan fingerprint density at radius 3 is 2.82 bits per heavy atom. The smallest absolute Gasteiger partial charge is 0.321 e. The molecule has 6 heteroatoms. The lowest BCUT2D eigenvalue weighted by Gasteiger charge is -2.14. The van der Waals surface area contributed by atoms with E-state index in [0.717, 1.165) is 25.9 Å². The Morgan fingerprint density at radius 1 is 1.47 bits per heavy atom. The molecule has 0 aliphatic carbocycles. The predicted octanol–water partition coefficient (Wildman–Crippen LogP) is -0.464. The van der Waals surface area contributed by atoms with Crippen molar-refractivity contribution in [3.05, 3.63) is 0 Å². The van der Waals surface area contributed by atoms with Crippen molar-refractivity contribution in [1.82, 2.24) is 15.5 Å². The third kappa shape index (κ3) is 5.14. The van der Waals surface area contributed by atoms with E-state index in [-0.39, 0.29) is 25.0 Å². The number of carbonyl (C=O) groups excluding carboxylic acids is 2. The molecule has 0 spiro atoms. The molecule has 0 aromatic carbocycles. The summed E-state index contributed by atoms with van der Waals surface area (Å²) in [6.45, 7) is 4.41. The summed E-state index contributed by atoms with van der Waals surface area (Å²) in [4.78, 5) is 24.6. The van der Waals surface area contributed by atoms with Crippen LogP contribution in [0.5, 0.6) is 0 Å².